The molecule has 1 aromatic carbocycles. The first kappa shape index (κ1) is 14.5. The molecule has 0 aromatic heterocycles. The molecule has 2 rings (SSSR count). The summed E-state index contributed by atoms with van der Waals surface area (Å²) in [7, 11) is 0. The zero-order valence-corrected chi connectivity index (χ0v) is 12.1. The van der Waals surface area contributed by atoms with Crippen molar-refractivity contribution in [3.8, 4) is 0 Å². The Hall–Kier alpha value is -0.860. The summed E-state index contributed by atoms with van der Waals surface area (Å²) in [5, 5.41) is 3.72. The molecule has 2 nitrogen and oxygen atoms in total. The lowest BCUT2D eigenvalue weighted by Crippen LogP contribution is -2.35. The Morgan fingerprint density at radius 1 is 1.21 bits per heavy atom. The summed E-state index contributed by atoms with van der Waals surface area (Å²) in [6, 6.07) is 11.5. The van der Waals surface area contributed by atoms with Crippen LogP contribution in [0.3, 0.4) is 0 Å². The van der Waals surface area contributed by atoms with Crippen molar-refractivity contribution < 1.29 is 4.74 Å². The molecule has 1 N–H and O–H groups in total. The highest BCUT2D eigenvalue weighted by Crippen LogP contribution is 2.21. The highest BCUT2D eigenvalue weighted by atomic mass is 16.5. The fraction of sp³-hybridized carbons (Fsp3) is 0.647. The number of rotatable bonds is 7. The minimum atomic E-state index is 0.616. The monoisotopic (exact) mass is 261 g/mol. The maximum atomic E-state index is 5.46. The first-order valence-electron chi connectivity index (χ1n) is 7.73. The fourth-order valence-corrected chi connectivity index (χ4v) is 2.87. The molecule has 0 bridgehead atoms. The van der Waals surface area contributed by atoms with Crippen LogP contribution in [-0.2, 0) is 11.2 Å². The Morgan fingerprint density at radius 2 is 1.95 bits per heavy atom. The molecule has 0 amide bonds. The molecule has 0 radical (unpaired) electrons. The average molecular weight is 261 g/mol. The third kappa shape index (κ3) is 5.33. The van der Waals surface area contributed by atoms with E-state index < -0.39 is 0 Å². The van der Waals surface area contributed by atoms with Crippen LogP contribution in [0.15, 0.2) is 30.3 Å². The fourth-order valence-electron chi connectivity index (χ4n) is 2.87. The number of ether oxygens (including phenoxy) is 1. The molecule has 1 saturated heterocycles. The molecule has 1 unspecified atom stereocenters. The van der Waals surface area contributed by atoms with Crippen LogP contribution in [-0.4, -0.2) is 25.8 Å². The highest BCUT2D eigenvalue weighted by molar-refractivity contribution is 5.15. The zero-order chi connectivity index (χ0) is 13.3. The molecule has 106 valence electrons. The molecule has 1 aliphatic heterocycles. The van der Waals surface area contributed by atoms with Crippen molar-refractivity contribution >= 4 is 0 Å². The molecule has 1 fully saturated rings. The predicted octanol–water partition coefficient (Wildman–Crippen LogP) is 3.41. The first-order valence-corrected chi connectivity index (χ1v) is 7.73. The summed E-state index contributed by atoms with van der Waals surface area (Å²) >= 11 is 0. The van der Waals surface area contributed by atoms with Gasteiger partial charge in [-0.25, -0.2) is 0 Å². The van der Waals surface area contributed by atoms with Crippen molar-refractivity contribution in [3.63, 3.8) is 0 Å². The standard InChI is InChI=1S/C17H27NO/c1-2-10-18-17(13-15-6-4-3-5-7-15)14-16-8-11-19-12-9-16/h3-7,16-18H,2,8-14H2,1H3. The molecule has 0 spiro atoms. The molecule has 2 heteroatoms. The summed E-state index contributed by atoms with van der Waals surface area (Å²) in [6.45, 7) is 5.27. The maximum Gasteiger partial charge on any atom is 0.0468 e. The van der Waals surface area contributed by atoms with Crippen LogP contribution in [0.4, 0.5) is 0 Å². The maximum absolute atomic E-state index is 5.46. The molecule has 1 aromatic rings. The van der Waals surface area contributed by atoms with Gasteiger partial charge in [0.05, 0.1) is 0 Å². The lowest BCUT2D eigenvalue weighted by Gasteiger charge is -2.27. The SMILES string of the molecule is CCCNC(Cc1ccccc1)CC1CCOCC1. The van der Waals surface area contributed by atoms with E-state index in [2.05, 4.69) is 42.6 Å². The lowest BCUT2D eigenvalue weighted by molar-refractivity contribution is 0.0605. The van der Waals surface area contributed by atoms with E-state index in [1.165, 1.54) is 31.2 Å². The number of hydrogen-bond acceptors (Lipinski definition) is 2. The van der Waals surface area contributed by atoms with Crippen LogP contribution in [0.2, 0.25) is 0 Å². The highest BCUT2D eigenvalue weighted by Gasteiger charge is 2.19. The van der Waals surface area contributed by atoms with Crippen molar-refractivity contribution in [1.29, 1.82) is 0 Å². The van der Waals surface area contributed by atoms with Gasteiger partial charge in [-0.1, -0.05) is 37.3 Å². The summed E-state index contributed by atoms with van der Waals surface area (Å²) in [5.41, 5.74) is 1.45. The van der Waals surface area contributed by atoms with E-state index in [0.717, 1.165) is 32.1 Å². The van der Waals surface area contributed by atoms with E-state index in [1.807, 2.05) is 0 Å². The molecule has 1 atom stereocenters. The Labute approximate surface area is 117 Å². The van der Waals surface area contributed by atoms with E-state index >= 15 is 0 Å². The third-order valence-corrected chi connectivity index (χ3v) is 3.97. The zero-order valence-electron chi connectivity index (χ0n) is 12.1. The van der Waals surface area contributed by atoms with E-state index in [0.29, 0.717) is 6.04 Å². The molecule has 0 saturated carbocycles. The van der Waals surface area contributed by atoms with E-state index in [1.54, 1.807) is 0 Å². The smallest absolute Gasteiger partial charge is 0.0468 e. The summed E-state index contributed by atoms with van der Waals surface area (Å²) in [6.07, 6.45) is 6.12. The van der Waals surface area contributed by atoms with Crippen molar-refractivity contribution in [1.82, 2.24) is 5.32 Å². The number of benzene rings is 1. The molecular weight excluding hydrogens is 234 g/mol. The van der Waals surface area contributed by atoms with Crippen LogP contribution >= 0.6 is 0 Å². The van der Waals surface area contributed by atoms with E-state index in [9.17, 15) is 0 Å². The molecule has 0 aliphatic carbocycles. The van der Waals surface area contributed by atoms with Crippen LogP contribution in [0.25, 0.3) is 0 Å². The van der Waals surface area contributed by atoms with Gasteiger partial charge in [-0.05, 0) is 50.1 Å². The van der Waals surface area contributed by atoms with Gasteiger partial charge in [-0.15, -0.1) is 0 Å². The third-order valence-electron chi connectivity index (χ3n) is 3.97. The second kappa shape index (κ2) is 8.34. The second-order valence-corrected chi connectivity index (χ2v) is 5.63. The van der Waals surface area contributed by atoms with Gasteiger partial charge in [0.15, 0.2) is 0 Å². The van der Waals surface area contributed by atoms with Crippen LogP contribution in [0.1, 0.15) is 38.2 Å². The summed E-state index contributed by atoms with van der Waals surface area (Å²) in [4.78, 5) is 0. The minimum Gasteiger partial charge on any atom is -0.381 e. The molecule has 1 aliphatic rings. The first-order chi connectivity index (χ1) is 9.38. The van der Waals surface area contributed by atoms with Gasteiger partial charge in [-0.2, -0.15) is 0 Å². The van der Waals surface area contributed by atoms with Gasteiger partial charge in [0.2, 0.25) is 0 Å². The van der Waals surface area contributed by atoms with Gasteiger partial charge in [0.1, 0.15) is 0 Å². The molecule has 1 heterocycles. The van der Waals surface area contributed by atoms with Gasteiger partial charge in [0.25, 0.3) is 0 Å². The van der Waals surface area contributed by atoms with Crippen LogP contribution < -0.4 is 5.32 Å². The van der Waals surface area contributed by atoms with Crippen LogP contribution in [0.5, 0.6) is 0 Å². The minimum absolute atomic E-state index is 0.616. The van der Waals surface area contributed by atoms with Crippen molar-refractivity contribution in [3.05, 3.63) is 35.9 Å². The number of hydrogen-bond donors (Lipinski definition) is 1. The Morgan fingerprint density at radius 3 is 2.63 bits per heavy atom. The summed E-state index contributed by atoms with van der Waals surface area (Å²) in [5.74, 6) is 0.840. The van der Waals surface area contributed by atoms with E-state index in [-0.39, 0.29) is 0 Å². The Balaban J connectivity index is 1.87. The largest absolute Gasteiger partial charge is 0.381 e. The normalized spacial score (nSPS) is 18.4. The quantitative estimate of drug-likeness (QED) is 0.812. The van der Waals surface area contributed by atoms with Crippen molar-refractivity contribution in [2.24, 2.45) is 5.92 Å². The lowest BCUT2D eigenvalue weighted by atomic mass is 9.90. The van der Waals surface area contributed by atoms with E-state index in [4.69, 9.17) is 4.74 Å². The second-order valence-electron chi connectivity index (χ2n) is 5.63. The Bertz CT molecular complexity index is 332. The molecular formula is C17H27NO. The average Bonchev–Trinajstić information content (AvgIpc) is 2.47. The van der Waals surface area contributed by atoms with Gasteiger partial charge in [0, 0.05) is 19.3 Å². The molecule has 19 heavy (non-hydrogen) atoms. The van der Waals surface area contributed by atoms with Gasteiger partial charge < -0.3 is 10.1 Å². The summed E-state index contributed by atoms with van der Waals surface area (Å²) < 4.78 is 5.46. The van der Waals surface area contributed by atoms with Gasteiger partial charge >= 0.3 is 0 Å². The topological polar surface area (TPSA) is 21.3 Å². The van der Waals surface area contributed by atoms with Crippen LogP contribution in [0, 0.1) is 5.92 Å². The number of nitrogens with one attached hydrogen (secondary N) is 1. The van der Waals surface area contributed by atoms with Gasteiger partial charge in [-0.3, -0.25) is 0 Å². The van der Waals surface area contributed by atoms with Crippen molar-refractivity contribution in [2.75, 3.05) is 19.8 Å². The van der Waals surface area contributed by atoms with Crippen molar-refractivity contribution in [2.45, 2.75) is 45.1 Å². The predicted molar refractivity (Wildman–Crippen MR) is 80.4 cm³/mol. The Kier molecular flexibility index (Phi) is 6.38.